The molecule has 0 saturated carbocycles. The second kappa shape index (κ2) is 76.0. The van der Waals surface area contributed by atoms with Gasteiger partial charge in [0.15, 0.2) is 10.2 Å². The van der Waals surface area contributed by atoms with Crippen molar-refractivity contribution in [1.29, 1.82) is 0 Å². The average Bonchev–Trinajstić information content (AvgIpc) is 2.76. The number of Topliss-reactive ketones (excluding diaryl/α,β-unsaturated/α-hetero) is 2. The van der Waals surface area contributed by atoms with E-state index in [1.165, 1.54) is 74.6 Å². The number of esters is 1. The van der Waals surface area contributed by atoms with Crippen LogP contribution in [-0.2, 0) is 47.9 Å². The maximum Gasteiger partial charge on any atom is 0.308 e. The number of rotatable bonds is 39. The van der Waals surface area contributed by atoms with Gasteiger partial charge in [0, 0.05) is 87.4 Å². The molecule has 2 heterocycles. The van der Waals surface area contributed by atoms with Crippen molar-refractivity contribution in [3.05, 3.63) is 24.3 Å². The quantitative estimate of drug-likeness (QED) is 0.0205. The van der Waals surface area contributed by atoms with E-state index in [4.69, 9.17) is 61.3 Å². The van der Waals surface area contributed by atoms with E-state index < -0.39 is 48.4 Å². The summed E-state index contributed by atoms with van der Waals surface area (Å²) in [5.74, 6) is -0.612. The van der Waals surface area contributed by atoms with Crippen LogP contribution in [0, 0.1) is 0 Å². The fourth-order valence-electron chi connectivity index (χ4n) is 5.41. The number of nitrogens with zero attached hydrogens (tertiary/aromatic N) is 2. The first-order chi connectivity index (χ1) is 43.9. The van der Waals surface area contributed by atoms with Crippen LogP contribution in [0.5, 0.6) is 0 Å². The first-order valence-corrected chi connectivity index (χ1v) is 41.0. The maximum absolute atomic E-state index is 11.5. The van der Waals surface area contributed by atoms with E-state index in [2.05, 4.69) is 4.74 Å². The van der Waals surface area contributed by atoms with Crippen molar-refractivity contribution in [2.45, 2.75) is 219 Å². The molecule has 0 aromatic heterocycles. The largest absolute Gasteiger partial charge is 0.469 e. The molecule has 0 saturated heterocycles. The van der Waals surface area contributed by atoms with Gasteiger partial charge in [-0.25, -0.2) is 0 Å². The van der Waals surface area contributed by atoms with Gasteiger partial charge >= 0.3 is 5.97 Å². The van der Waals surface area contributed by atoms with Crippen LogP contribution >= 0.6 is 86.4 Å². The highest BCUT2D eigenvalue weighted by atomic mass is 33.1. The lowest BCUT2D eigenvalue weighted by molar-refractivity contribution is -0.143. The minimum atomic E-state index is -0.893. The Labute approximate surface area is 584 Å². The molecular formula is C60H114N2O23S8. The summed E-state index contributed by atoms with van der Waals surface area (Å²) in [5.41, 5.74) is 0. The van der Waals surface area contributed by atoms with Gasteiger partial charge in [0.05, 0.1) is 94.9 Å². The highest BCUT2D eigenvalue weighted by Gasteiger charge is 2.25. The molecule has 2 aliphatic rings. The number of aliphatic hydroxyl groups excluding tert-OH is 13. The molecule has 13 N–H and O–H groups in total. The molecule has 550 valence electrons. The Morgan fingerprint density at radius 1 is 0.387 bits per heavy atom. The van der Waals surface area contributed by atoms with Gasteiger partial charge in [-0.1, -0.05) is 113 Å². The van der Waals surface area contributed by atoms with Crippen molar-refractivity contribution in [2.24, 2.45) is 0 Å². The molecular weight excluding hydrogens is 1370 g/mol. The first-order valence-electron chi connectivity index (χ1n) is 30.4. The third-order valence-corrected chi connectivity index (χ3v) is 18.8. The molecule has 0 spiro atoms. The Morgan fingerprint density at radius 3 is 0.935 bits per heavy atom. The third kappa shape index (κ3) is 75.8. The van der Waals surface area contributed by atoms with Crippen molar-refractivity contribution >= 4 is 138 Å². The Kier molecular flexibility index (Phi) is 85.5. The summed E-state index contributed by atoms with van der Waals surface area (Å²) in [4.78, 5) is 102. The number of ether oxygens (including phenoxy) is 1. The van der Waals surface area contributed by atoms with Crippen molar-refractivity contribution in [3.8, 4) is 0 Å². The van der Waals surface area contributed by atoms with Crippen LogP contribution in [0.15, 0.2) is 24.3 Å². The molecule has 4 amide bonds. The Morgan fingerprint density at radius 2 is 0.677 bits per heavy atom. The number of hydrogen-bond acceptors (Lipinski definition) is 31. The van der Waals surface area contributed by atoms with E-state index in [-0.39, 0.29) is 130 Å². The normalized spacial score (nSPS) is 14.4. The number of carbonyl (C=O) groups excluding carboxylic acids is 9. The molecule has 0 radical (unpaired) electrons. The summed E-state index contributed by atoms with van der Waals surface area (Å²) in [6.07, 6.45) is 16.6. The van der Waals surface area contributed by atoms with Gasteiger partial charge < -0.3 is 71.1 Å². The van der Waals surface area contributed by atoms with Crippen LogP contribution in [0.2, 0.25) is 0 Å². The molecule has 2 aliphatic heterocycles. The third-order valence-electron chi connectivity index (χ3n) is 11.8. The molecule has 8 unspecified atom stereocenters. The molecule has 0 bridgehead atoms. The lowest BCUT2D eigenvalue weighted by atomic mass is 10.1. The maximum atomic E-state index is 11.5. The zero-order valence-electron chi connectivity index (χ0n) is 56.4. The SMILES string of the molecule is CCC(O)CC.CCC(O)CC(=O)OC.CCC(O)CCC(=O)CCN1C(=O)C=CC1=O.CCC(O)CCC(=O)SSC.CCC(O)CO.CCC(O)CSSC.CSSC(=O)CCC(O)CO.CSSCC(O)CO.O=C(CCC(O)CO)CCN1C(=O)C=CC1=O. The highest BCUT2D eigenvalue weighted by Crippen LogP contribution is 2.22. The lowest BCUT2D eigenvalue weighted by Crippen LogP contribution is -2.32. The predicted molar refractivity (Wildman–Crippen MR) is 383 cm³/mol. The number of methoxy groups -OCH3 is 1. The van der Waals surface area contributed by atoms with Crippen LogP contribution in [0.1, 0.15) is 164 Å². The van der Waals surface area contributed by atoms with E-state index in [0.29, 0.717) is 63.5 Å². The molecule has 2 rings (SSSR count). The van der Waals surface area contributed by atoms with Crippen molar-refractivity contribution in [2.75, 3.05) is 83.2 Å². The Hall–Kier alpha value is -1.81. The highest BCUT2D eigenvalue weighted by molar-refractivity contribution is 8.82. The second-order valence-corrected chi connectivity index (χ2v) is 29.6. The fraction of sp³-hybridized carbons (Fsp3) is 0.783. The van der Waals surface area contributed by atoms with Gasteiger partial charge in [-0.2, -0.15) is 0 Å². The minimum absolute atomic E-state index is 0.0370. The number of carbonyl (C=O) groups is 9. The van der Waals surface area contributed by atoms with Gasteiger partial charge in [-0.15, -0.1) is 0 Å². The standard InChI is InChI=1S/C12H17NO4.C11H15NO5.C7H14O2S2.C6H12O3S2.C6H12O3.C5H12OS2.C5H12O.C4H10O2S2.C4H10O2/c1-2-9(14)3-4-10(15)7-8-13-11(16)5-6-12(13)17;13-7-9(15)2-1-8(14)5-6-12-10(16)3-4-11(12)17;1-3-6(8)4-5-7(9)11-10-2;1-10-11-6(9)3-2-5(8)4-7;1-3-5(7)4-6(8)9-2;1-3-5(6)4-8-7-2;1-3-5(6)4-2;1-7-8-3-4(6)2-5;1-2-4(6)3-5/h5-6,9,14H,2-4,7-8H2,1H3;3-4,9,13,15H,1-2,5-7H2;6,8H,3-5H2,1-2H3;5,7-8H,2-4H2,1H3;5,7H,3-4H2,1-2H3;5-6H,3-4H2,1-2H3;5-6H,3-4H2,1-2H3;4-6H,2-3H2,1H3;4-6H,2-3H2,1H3. The van der Waals surface area contributed by atoms with Gasteiger partial charge in [0.25, 0.3) is 23.6 Å². The van der Waals surface area contributed by atoms with Crippen LogP contribution in [-0.4, -0.2) is 266 Å². The molecule has 8 atom stereocenters. The Bertz CT molecular complexity index is 1780. The number of ketones is 2. The fourth-order valence-corrected chi connectivity index (χ4v) is 10.5. The van der Waals surface area contributed by atoms with E-state index in [9.17, 15) is 48.3 Å². The van der Waals surface area contributed by atoms with Crippen LogP contribution in [0.25, 0.3) is 0 Å². The van der Waals surface area contributed by atoms with Gasteiger partial charge in [0.2, 0.25) is 0 Å². The summed E-state index contributed by atoms with van der Waals surface area (Å²) in [6, 6.07) is 0. The Balaban J connectivity index is -0.000000183. The van der Waals surface area contributed by atoms with E-state index >= 15 is 0 Å². The number of imide groups is 2. The minimum Gasteiger partial charge on any atom is -0.469 e. The average molecular weight is 1490 g/mol. The lowest BCUT2D eigenvalue weighted by Gasteiger charge is -2.13. The number of amides is 4. The topological polar surface area (TPSA) is 432 Å². The van der Waals surface area contributed by atoms with Crippen molar-refractivity contribution < 1.29 is 114 Å². The van der Waals surface area contributed by atoms with Gasteiger partial charge in [0.1, 0.15) is 11.6 Å². The summed E-state index contributed by atoms with van der Waals surface area (Å²) in [6.45, 7) is 12.7. The summed E-state index contributed by atoms with van der Waals surface area (Å²) < 4.78 is 4.32. The van der Waals surface area contributed by atoms with Crippen molar-refractivity contribution in [3.63, 3.8) is 0 Å². The van der Waals surface area contributed by atoms with Crippen LogP contribution < -0.4 is 0 Å². The summed E-state index contributed by atoms with van der Waals surface area (Å²) in [7, 11) is 13.1. The zero-order chi connectivity index (χ0) is 73.1. The molecule has 25 nitrogen and oxygen atoms in total. The smallest absolute Gasteiger partial charge is 0.308 e. The molecule has 0 aromatic carbocycles. The van der Waals surface area contributed by atoms with Crippen LogP contribution in [0.4, 0.5) is 0 Å². The summed E-state index contributed by atoms with van der Waals surface area (Å²) >= 11 is 0. The monoisotopic (exact) mass is 1490 g/mol. The van der Waals surface area contributed by atoms with E-state index in [1.54, 1.807) is 43.2 Å². The summed E-state index contributed by atoms with van der Waals surface area (Å²) in [5, 5.41) is 113. The van der Waals surface area contributed by atoms with Crippen molar-refractivity contribution in [1.82, 2.24) is 9.80 Å². The molecule has 33 heteroatoms. The number of hydrogen-bond donors (Lipinski definition) is 13. The molecule has 0 aliphatic carbocycles. The molecule has 93 heavy (non-hydrogen) atoms. The van der Waals surface area contributed by atoms with Gasteiger partial charge in [-0.3, -0.25) is 53.0 Å². The molecule has 0 fully saturated rings. The van der Waals surface area contributed by atoms with Gasteiger partial charge in [-0.05, 0) is 117 Å². The number of aliphatic hydroxyl groups is 13. The van der Waals surface area contributed by atoms with E-state index in [0.717, 1.165) is 41.2 Å². The van der Waals surface area contributed by atoms with E-state index in [1.807, 2.05) is 73.5 Å². The second-order valence-electron chi connectivity index (χ2n) is 19.5. The zero-order valence-corrected chi connectivity index (χ0v) is 63.0. The predicted octanol–water partition coefficient (Wildman–Crippen LogP) is 5.52. The van der Waals surface area contributed by atoms with Crippen LogP contribution in [0.3, 0.4) is 0 Å². The first kappa shape index (κ1) is 105. The molecule has 0 aromatic rings.